The summed E-state index contributed by atoms with van der Waals surface area (Å²) in [7, 11) is 0. The molecule has 0 fully saturated rings. The number of carboxylic acid groups (broad SMARTS) is 2. The first-order valence-electron chi connectivity index (χ1n) is 6.17. The van der Waals surface area contributed by atoms with E-state index in [9.17, 15) is 9.59 Å². The second-order valence-electron chi connectivity index (χ2n) is 4.69. The molecule has 1 atom stereocenters. The molecule has 0 bridgehead atoms. The van der Waals surface area contributed by atoms with Crippen molar-refractivity contribution in [2.75, 3.05) is 5.33 Å². The Bertz CT molecular complexity index is 372. The van der Waals surface area contributed by atoms with Gasteiger partial charge in [0.15, 0.2) is 0 Å². The number of alkyl halides is 1. The van der Waals surface area contributed by atoms with Crippen LogP contribution in [0.25, 0.3) is 0 Å². The Hall–Kier alpha value is -1.10. The van der Waals surface area contributed by atoms with Crippen LogP contribution in [0, 0.1) is 5.92 Å². The van der Waals surface area contributed by atoms with Gasteiger partial charge in [-0.2, -0.15) is 0 Å². The second kappa shape index (κ2) is 9.78. The van der Waals surface area contributed by atoms with E-state index in [0.29, 0.717) is 12.8 Å². The van der Waals surface area contributed by atoms with Gasteiger partial charge in [-0.3, -0.25) is 9.59 Å². The quantitative estimate of drug-likeness (QED) is 0.499. The molecule has 0 aliphatic carbocycles. The average molecular weight is 333 g/mol. The van der Waals surface area contributed by atoms with Gasteiger partial charge in [0.2, 0.25) is 0 Å². The summed E-state index contributed by atoms with van der Waals surface area (Å²) < 4.78 is 0. The van der Waals surface area contributed by atoms with Gasteiger partial charge in [0.05, 0.1) is 6.42 Å². The van der Waals surface area contributed by atoms with Gasteiger partial charge in [-0.1, -0.05) is 39.2 Å². The first kappa shape index (κ1) is 17.9. The molecular formula is C14H21BrO4. The number of carboxylic acids is 2. The van der Waals surface area contributed by atoms with E-state index in [0.717, 1.165) is 16.5 Å². The predicted octanol–water partition coefficient (Wildman–Crippen LogP) is 3.62. The standard InChI is InChI=1S/C14H21BrO4/c1-10(4-3-5-13(16)17)6-12(8-14(18)19)7-11(2)9-15/h4,7,12H,3,5-6,8-9H2,1-2H3,(H,16,17)(H,18,19). The fourth-order valence-corrected chi connectivity index (χ4v) is 1.99. The van der Waals surface area contributed by atoms with Crippen LogP contribution in [0.1, 0.15) is 39.5 Å². The van der Waals surface area contributed by atoms with E-state index in [4.69, 9.17) is 10.2 Å². The summed E-state index contributed by atoms with van der Waals surface area (Å²) in [4.78, 5) is 21.2. The SMILES string of the molecule is CC(=CC(CC(=O)O)CC(C)=CCCC(=O)O)CBr. The maximum Gasteiger partial charge on any atom is 0.303 e. The second-order valence-corrected chi connectivity index (χ2v) is 5.25. The van der Waals surface area contributed by atoms with Crippen LogP contribution >= 0.6 is 15.9 Å². The van der Waals surface area contributed by atoms with Gasteiger partial charge in [-0.15, -0.1) is 0 Å². The van der Waals surface area contributed by atoms with Crippen LogP contribution in [0.2, 0.25) is 0 Å². The third-order valence-electron chi connectivity index (χ3n) is 2.60. The van der Waals surface area contributed by atoms with Crippen LogP contribution in [-0.2, 0) is 9.59 Å². The molecule has 0 aliphatic rings. The third-order valence-corrected chi connectivity index (χ3v) is 3.49. The number of rotatable bonds is 9. The first-order chi connectivity index (χ1) is 8.85. The number of hydrogen-bond donors (Lipinski definition) is 2. The van der Waals surface area contributed by atoms with Crippen LogP contribution in [0.4, 0.5) is 0 Å². The molecule has 108 valence electrons. The molecule has 0 rings (SSSR count). The van der Waals surface area contributed by atoms with Gasteiger partial charge in [0.1, 0.15) is 0 Å². The number of allylic oxidation sites excluding steroid dienone is 4. The molecule has 0 saturated heterocycles. The van der Waals surface area contributed by atoms with Gasteiger partial charge >= 0.3 is 11.9 Å². The van der Waals surface area contributed by atoms with Crippen molar-refractivity contribution in [1.82, 2.24) is 0 Å². The Morgan fingerprint density at radius 3 is 2.21 bits per heavy atom. The molecule has 0 aromatic heterocycles. The highest BCUT2D eigenvalue weighted by molar-refractivity contribution is 9.09. The maximum atomic E-state index is 10.8. The van der Waals surface area contributed by atoms with Crippen LogP contribution in [-0.4, -0.2) is 27.5 Å². The van der Waals surface area contributed by atoms with Gasteiger partial charge in [-0.25, -0.2) is 0 Å². The number of aliphatic carboxylic acids is 2. The van der Waals surface area contributed by atoms with E-state index in [-0.39, 0.29) is 18.8 Å². The smallest absolute Gasteiger partial charge is 0.303 e. The minimum Gasteiger partial charge on any atom is -0.481 e. The van der Waals surface area contributed by atoms with E-state index >= 15 is 0 Å². The zero-order valence-corrected chi connectivity index (χ0v) is 12.9. The number of halogens is 1. The lowest BCUT2D eigenvalue weighted by Gasteiger charge is -2.12. The van der Waals surface area contributed by atoms with E-state index in [1.807, 2.05) is 26.0 Å². The Morgan fingerprint density at radius 1 is 1.11 bits per heavy atom. The summed E-state index contributed by atoms with van der Waals surface area (Å²) in [5.41, 5.74) is 2.13. The lowest BCUT2D eigenvalue weighted by atomic mass is 9.94. The van der Waals surface area contributed by atoms with E-state index in [1.54, 1.807) is 0 Å². The molecule has 19 heavy (non-hydrogen) atoms. The van der Waals surface area contributed by atoms with Crippen molar-refractivity contribution in [3.63, 3.8) is 0 Å². The summed E-state index contributed by atoms with van der Waals surface area (Å²) in [6, 6.07) is 0. The van der Waals surface area contributed by atoms with Crippen LogP contribution < -0.4 is 0 Å². The number of hydrogen-bond acceptors (Lipinski definition) is 2. The first-order valence-corrected chi connectivity index (χ1v) is 7.29. The van der Waals surface area contributed by atoms with E-state index in [1.165, 1.54) is 0 Å². The lowest BCUT2D eigenvalue weighted by molar-refractivity contribution is -0.138. The molecule has 0 saturated carbocycles. The predicted molar refractivity (Wildman–Crippen MR) is 78.5 cm³/mol. The molecule has 0 radical (unpaired) electrons. The third kappa shape index (κ3) is 10.5. The molecule has 0 aromatic carbocycles. The summed E-state index contributed by atoms with van der Waals surface area (Å²) in [6.07, 6.45) is 5.18. The molecule has 0 aromatic rings. The van der Waals surface area contributed by atoms with Gasteiger partial charge < -0.3 is 10.2 Å². The fourth-order valence-electron chi connectivity index (χ4n) is 1.80. The average Bonchev–Trinajstić information content (AvgIpc) is 2.27. The van der Waals surface area contributed by atoms with E-state index < -0.39 is 11.9 Å². The Labute approximate surface area is 122 Å². The maximum absolute atomic E-state index is 10.8. The van der Waals surface area contributed by atoms with Crippen molar-refractivity contribution in [3.05, 3.63) is 23.3 Å². The van der Waals surface area contributed by atoms with Crippen LogP contribution in [0.3, 0.4) is 0 Å². The van der Waals surface area contributed by atoms with Gasteiger partial charge in [-0.05, 0) is 32.6 Å². The zero-order chi connectivity index (χ0) is 14.8. The fraction of sp³-hybridized carbons (Fsp3) is 0.571. The Balaban J connectivity index is 4.53. The lowest BCUT2D eigenvalue weighted by Crippen LogP contribution is -2.07. The van der Waals surface area contributed by atoms with Crippen molar-refractivity contribution in [3.8, 4) is 0 Å². The van der Waals surface area contributed by atoms with Crippen molar-refractivity contribution in [2.24, 2.45) is 5.92 Å². The summed E-state index contributed by atoms with van der Waals surface area (Å²) >= 11 is 3.34. The van der Waals surface area contributed by atoms with Crippen molar-refractivity contribution < 1.29 is 19.8 Å². The highest BCUT2D eigenvalue weighted by Crippen LogP contribution is 2.20. The van der Waals surface area contributed by atoms with Gasteiger partial charge in [0.25, 0.3) is 0 Å². The highest BCUT2D eigenvalue weighted by Gasteiger charge is 2.11. The minimum absolute atomic E-state index is 0.0453. The van der Waals surface area contributed by atoms with Crippen LogP contribution in [0.15, 0.2) is 23.3 Å². The number of carbonyl (C=O) groups is 2. The van der Waals surface area contributed by atoms with Gasteiger partial charge in [0, 0.05) is 11.8 Å². The monoisotopic (exact) mass is 332 g/mol. The van der Waals surface area contributed by atoms with Crippen molar-refractivity contribution >= 4 is 27.9 Å². The summed E-state index contributed by atoms with van der Waals surface area (Å²) in [5.74, 6) is -1.68. The molecule has 0 heterocycles. The molecule has 0 spiro atoms. The summed E-state index contributed by atoms with van der Waals surface area (Å²) in [6.45, 7) is 3.86. The molecule has 2 N–H and O–H groups in total. The Morgan fingerprint density at radius 2 is 1.74 bits per heavy atom. The molecule has 4 nitrogen and oxygen atoms in total. The zero-order valence-electron chi connectivity index (χ0n) is 11.4. The molecular weight excluding hydrogens is 312 g/mol. The van der Waals surface area contributed by atoms with Crippen molar-refractivity contribution in [1.29, 1.82) is 0 Å². The largest absolute Gasteiger partial charge is 0.481 e. The molecule has 0 aliphatic heterocycles. The van der Waals surface area contributed by atoms with E-state index in [2.05, 4.69) is 15.9 Å². The Kier molecular flexibility index (Phi) is 9.21. The minimum atomic E-state index is -0.818. The summed E-state index contributed by atoms with van der Waals surface area (Å²) in [5, 5.41) is 18.2. The van der Waals surface area contributed by atoms with Crippen LogP contribution in [0.5, 0.6) is 0 Å². The molecule has 5 heteroatoms. The molecule has 0 amide bonds. The topological polar surface area (TPSA) is 74.6 Å². The molecule has 1 unspecified atom stereocenters. The van der Waals surface area contributed by atoms with Crippen molar-refractivity contribution in [2.45, 2.75) is 39.5 Å². The normalized spacial score (nSPS) is 14.3. The highest BCUT2D eigenvalue weighted by atomic mass is 79.9.